The van der Waals surface area contributed by atoms with E-state index in [1.54, 1.807) is 0 Å². The summed E-state index contributed by atoms with van der Waals surface area (Å²) >= 11 is 0. The monoisotopic (exact) mass is 165 g/mol. The first-order valence-electron chi connectivity index (χ1n) is 4.54. The van der Waals surface area contributed by atoms with Crippen LogP contribution in [0.3, 0.4) is 0 Å². The topological polar surface area (TPSA) is 30.3 Å². The van der Waals surface area contributed by atoms with Gasteiger partial charge in [-0.25, -0.2) is 0 Å². The van der Waals surface area contributed by atoms with Crippen LogP contribution >= 0.6 is 0 Å². The van der Waals surface area contributed by atoms with Gasteiger partial charge >= 0.3 is 0 Å². The first-order chi connectivity index (χ1) is 5.65. The van der Waals surface area contributed by atoms with Gasteiger partial charge in [-0.1, -0.05) is 0 Å². The molecule has 0 unspecified atom stereocenters. The molecule has 2 aliphatic rings. The molecule has 1 spiro atoms. The normalized spacial score (nSPS) is 26.7. The molecule has 0 bridgehead atoms. The van der Waals surface area contributed by atoms with Crippen LogP contribution < -0.4 is 0 Å². The van der Waals surface area contributed by atoms with E-state index in [4.69, 9.17) is 5.26 Å². The van der Waals surface area contributed by atoms with Gasteiger partial charge in [0, 0.05) is 37.6 Å². The SMILES string of the molecule is CC(C)N1CC2(CN(C#N)C2)C1. The lowest BCUT2D eigenvalue weighted by atomic mass is 9.72. The van der Waals surface area contributed by atoms with Gasteiger partial charge in [0.25, 0.3) is 0 Å². The molecular weight excluding hydrogens is 150 g/mol. The van der Waals surface area contributed by atoms with Crippen molar-refractivity contribution in [2.24, 2.45) is 5.41 Å². The summed E-state index contributed by atoms with van der Waals surface area (Å²) in [5.74, 6) is 0. The van der Waals surface area contributed by atoms with Crippen LogP contribution in [0.1, 0.15) is 13.8 Å². The Hall–Kier alpha value is -0.750. The minimum absolute atomic E-state index is 0.500. The summed E-state index contributed by atoms with van der Waals surface area (Å²) < 4.78 is 0. The van der Waals surface area contributed by atoms with E-state index in [1.165, 1.54) is 13.1 Å². The van der Waals surface area contributed by atoms with Crippen molar-refractivity contribution in [2.45, 2.75) is 19.9 Å². The van der Waals surface area contributed by atoms with Crippen LogP contribution in [0.4, 0.5) is 0 Å². The highest BCUT2D eigenvalue weighted by atomic mass is 15.3. The molecule has 3 nitrogen and oxygen atoms in total. The predicted octanol–water partition coefficient (Wildman–Crippen LogP) is 0.493. The zero-order chi connectivity index (χ0) is 8.77. The van der Waals surface area contributed by atoms with Crippen LogP contribution in [-0.2, 0) is 0 Å². The molecular formula is C9H15N3. The van der Waals surface area contributed by atoms with Gasteiger partial charge < -0.3 is 4.90 Å². The van der Waals surface area contributed by atoms with Crippen LogP contribution in [-0.4, -0.2) is 42.0 Å². The number of rotatable bonds is 1. The molecule has 66 valence electrons. The zero-order valence-corrected chi connectivity index (χ0v) is 7.75. The molecule has 0 aromatic heterocycles. The zero-order valence-electron chi connectivity index (χ0n) is 7.75. The predicted molar refractivity (Wildman–Crippen MR) is 46.3 cm³/mol. The van der Waals surface area contributed by atoms with Crippen molar-refractivity contribution in [1.29, 1.82) is 5.26 Å². The van der Waals surface area contributed by atoms with Crippen molar-refractivity contribution in [3.63, 3.8) is 0 Å². The first kappa shape index (κ1) is 7.88. The summed E-state index contributed by atoms with van der Waals surface area (Å²) in [4.78, 5) is 4.31. The molecule has 2 rings (SSSR count). The third kappa shape index (κ3) is 0.987. The third-order valence-corrected chi connectivity index (χ3v) is 3.00. The maximum atomic E-state index is 8.58. The lowest BCUT2D eigenvalue weighted by Crippen LogP contribution is -2.71. The third-order valence-electron chi connectivity index (χ3n) is 3.00. The Kier molecular flexibility index (Phi) is 1.55. The molecule has 0 N–H and O–H groups in total. The van der Waals surface area contributed by atoms with E-state index in [2.05, 4.69) is 24.9 Å². The van der Waals surface area contributed by atoms with Gasteiger partial charge in [-0.2, -0.15) is 5.26 Å². The van der Waals surface area contributed by atoms with E-state index < -0.39 is 0 Å². The average Bonchev–Trinajstić information content (AvgIpc) is 1.81. The van der Waals surface area contributed by atoms with Gasteiger partial charge in [0.05, 0.1) is 0 Å². The molecule has 0 atom stereocenters. The van der Waals surface area contributed by atoms with Crippen LogP contribution in [0.5, 0.6) is 0 Å². The van der Waals surface area contributed by atoms with Crippen molar-refractivity contribution in [2.75, 3.05) is 26.2 Å². The summed E-state index contributed by atoms with van der Waals surface area (Å²) in [6.07, 6.45) is 2.18. The van der Waals surface area contributed by atoms with E-state index >= 15 is 0 Å². The number of nitriles is 1. The van der Waals surface area contributed by atoms with E-state index in [1.807, 2.05) is 4.90 Å². The largest absolute Gasteiger partial charge is 0.309 e. The Morgan fingerprint density at radius 3 is 2.25 bits per heavy atom. The first-order valence-corrected chi connectivity index (χ1v) is 4.54. The number of likely N-dealkylation sites (tertiary alicyclic amines) is 2. The van der Waals surface area contributed by atoms with Crippen molar-refractivity contribution in [3.05, 3.63) is 0 Å². The number of hydrogen-bond donors (Lipinski definition) is 0. The molecule has 0 amide bonds. The summed E-state index contributed by atoms with van der Waals surface area (Å²) in [5, 5.41) is 8.58. The lowest BCUT2D eigenvalue weighted by molar-refractivity contribution is -0.104. The number of nitrogens with zero attached hydrogens (tertiary/aromatic N) is 3. The highest BCUT2D eigenvalue weighted by molar-refractivity contribution is 5.09. The Labute approximate surface area is 73.6 Å². The second kappa shape index (κ2) is 2.37. The maximum absolute atomic E-state index is 8.58. The lowest BCUT2D eigenvalue weighted by Gasteiger charge is -2.60. The quantitative estimate of drug-likeness (QED) is 0.530. The summed E-state index contributed by atoms with van der Waals surface area (Å²) in [5.41, 5.74) is 0.500. The van der Waals surface area contributed by atoms with E-state index in [-0.39, 0.29) is 0 Å². The smallest absolute Gasteiger partial charge is 0.179 e. The highest BCUT2D eigenvalue weighted by Crippen LogP contribution is 2.39. The second-order valence-electron chi connectivity index (χ2n) is 4.45. The van der Waals surface area contributed by atoms with Crippen LogP contribution in [0, 0.1) is 16.9 Å². The Bertz CT molecular complexity index is 214. The molecule has 0 radical (unpaired) electrons. The molecule has 2 heterocycles. The van der Waals surface area contributed by atoms with Gasteiger partial charge in [-0.15, -0.1) is 0 Å². The number of hydrogen-bond acceptors (Lipinski definition) is 3. The Morgan fingerprint density at radius 1 is 1.25 bits per heavy atom. The van der Waals surface area contributed by atoms with Gasteiger partial charge in [0.1, 0.15) is 0 Å². The molecule has 2 saturated heterocycles. The van der Waals surface area contributed by atoms with Crippen molar-refractivity contribution in [1.82, 2.24) is 9.80 Å². The van der Waals surface area contributed by atoms with Gasteiger partial charge in [0.2, 0.25) is 0 Å². The van der Waals surface area contributed by atoms with E-state index in [0.717, 1.165) is 13.1 Å². The fraction of sp³-hybridized carbons (Fsp3) is 0.889. The molecule has 2 fully saturated rings. The van der Waals surface area contributed by atoms with Gasteiger partial charge in [-0.3, -0.25) is 4.90 Å². The summed E-state index contributed by atoms with van der Waals surface area (Å²) in [6.45, 7) is 8.84. The van der Waals surface area contributed by atoms with Crippen LogP contribution in [0.2, 0.25) is 0 Å². The Morgan fingerprint density at radius 2 is 1.83 bits per heavy atom. The second-order valence-corrected chi connectivity index (χ2v) is 4.45. The van der Waals surface area contributed by atoms with Gasteiger partial charge in [-0.05, 0) is 13.8 Å². The van der Waals surface area contributed by atoms with E-state index in [0.29, 0.717) is 11.5 Å². The summed E-state index contributed by atoms with van der Waals surface area (Å²) in [6, 6.07) is 0.673. The molecule has 0 saturated carbocycles. The highest BCUT2D eigenvalue weighted by Gasteiger charge is 2.51. The van der Waals surface area contributed by atoms with Crippen LogP contribution in [0.25, 0.3) is 0 Å². The molecule has 0 aromatic carbocycles. The van der Waals surface area contributed by atoms with Crippen molar-refractivity contribution in [3.8, 4) is 6.19 Å². The van der Waals surface area contributed by atoms with Crippen LogP contribution in [0.15, 0.2) is 0 Å². The minimum atomic E-state index is 0.500. The molecule has 12 heavy (non-hydrogen) atoms. The fourth-order valence-electron chi connectivity index (χ4n) is 2.21. The molecule has 0 aliphatic carbocycles. The Balaban J connectivity index is 1.80. The minimum Gasteiger partial charge on any atom is -0.309 e. The standard InChI is InChI=1S/C9H15N3/c1-8(2)12-5-9(6-12)3-11(4-9)7-10/h8H,3-6H2,1-2H3. The fourth-order valence-corrected chi connectivity index (χ4v) is 2.21. The van der Waals surface area contributed by atoms with E-state index in [9.17, 15) is 0 Å². The van der Waals surface area contributed by atoms with Crippen molar-refractivity contribution < 1.29 is 0 Å². The average molecular weight is 165 g/mol. The molecule has 2 aliphatic heterocycles. The summed E-state index contributed by atoms with van der Waals surface area (Å²) in [7, 11) is 0. The molecule has 3 heteroatoms. The molecule has 0 aromatic rings. The van der Waals surface area contributed by atoms with Gasteiger partial charge in [0.15, 0.2) is 6.19 Å². The van der Waals surface area contributed by atoms with Crippen molar-refractivity contribution >= 4 is 0 Å². The maximum Gasteiger partial charge on any atom is 0.179 e.